The molecule has 1 aromatic carbocycles. The van der Waals surface area contributed by atoms with Crippen LogP contribution in [-0.2, 0) is 0 Å². The standard InChI is InChI=1S/C19H27NO/c1-21-19-5-3-2-4-17(19)15-8-10-20(11-9-15)18-13-14-6-7-16(18)12-14/h2-5,14-16,18H,6-13H2,1H3. The van der Waals surface area contributed by atoms with Gasteiger partial charge in [0.1, 0.15) is 5.75 Å². The highest BCUT2D eigenvalue weighted by atomic mass is 16.5. The number of likely N-dealkylation sites (tertiary alicyclic amines) is 1. The zero-order chi connectivity index (χ0) is 14.2. The van der Waals surface area contributed by atoms with E-state index in [0.29, 0.717) is 5.92 Å². The van der Waals surface area contributed by atoms with E-state index >= 15 is 0 Å². The monoisotopic (exact) mass is 285 g/mol. The second-order valence-electron chi connectivity index (χ2n) is 7.29. The van der Waals surface area contributed by atoms with Gasteiger partial charge in [0.15, 0.2) is 0 Å². The Morgan fingerprint density at radius 1 is 1.00 bits per heavy atom. The average Bonchev–Trinajstić information content (AvgIpc) is 3.18. The van der Waals surface area contributed by atoms with Gasteiger partial charge in [0.05, 0.1) is 7.11 Å². The molecule has 2 heteroatoms. The van der Waals surface area contributed by atoms with Crippen LogP contribution in [0, 0.1) is 11.8 Å². The fourth-order valence-corrected chi connectivity index (χ4v) is 5.20. The Bertz CT molecular complexity index is 492. The van der Waals surface area contributed by atoms with Gasteiger partial charge in [0.2, 0.25) is 0 Å². The van der Waals surface area contributed by atoms with E-state index in [2.05, 4.69) is 29.2 Å². The van der Waals surface area contributed by atoms with Crippen molar-refractivity contribution < 1.29 is 4.74 Å². The van der Waals surface area contributed by atoms with Gasteiger partial charge in [-0.2, -0.15) is 0 Å². The molecule has 2 nitrogen and oxygen atoms in total. The molecule has 2 bridgehead atoms. The summed E-state index contributed by atoms with van der Waals surface area (Å²) in [5.41, 5.74) is 1.42. The van der Waals surface area contributed by atoms with Crippen molar-refractivity contribution in [1.29, 1.82) is 0 Å². The van der Waals surface area contributed by atoms with E-state index in [-0.39, 0.29) is 0 Å². The van der Waals surface area contributed by atoms with E-state index in [0.717, 1.165) is 23.6 Å². The highest BCUT2D eigenvalue weighted by molar-refractivity contribution is 5.36. The quantitative estimate of drug-likeness (QED) is 0.830. The second-order valence-corrected chi connectivity index (χ2v) is 7.29. The Morgan fingerprint density at radius 3 is 2.48 bits per heavy atom. The summed E-state index contributed by atoms with van der Waals surface area (Å²) in [4.78, 5) is 2.82. The molecule has 1 heterocycles. The van der Waals surface area contributed by atoms with Crippen molar-refractivity contribution in [2.75, 3.05) is 20.2 Å². The molecule has 1 aliphatic heterocycles. The van der Waals surface area contributed by atoms with Gasteiger partial charge in [-0.15, -0.1) is 0 Å². The normalized spacial score (nSPS) is 33.5. The molecule has 2 aliphatic carbocycles. The van der Waals surface area contributed by atoms with Crippen LogP contribution in [0.3, 0.4) is 0 Å². The minimum absolute atomic E-state index is 0.691. The van der Waals surface area contributed by atoms with E-state index in [9.17, 15) is 0 Å². The van der Waals surface area contributed by atoms with Crippen molar-refractivity contribution in [2.24, 2.45) is 11.8 Å². The Balaban J connectivity index is 1.40. The fourth-order valence-electron chi connectivity index (χ4n) is 5.20. The SMILES string of the molecule is COc1ccccc1C1CCN(C2CC3CCC2C3)CC1. The van der Waals surface area contributed by atoms with Gasteiger partial charge >= 0.3 is 0 Å². The van der Waals surface area contributed by atoms with Gasteiger partial charge in [-0.25, -0.2) is 0 Å². The molecule has 1 saturated heterocycles. The molecule has 114 valence electrons. The van der Waals surface area contributed by atoms with Gasteiger partial charge in [-0.3, -0.25) is 0 Å². The number of hydrogen-bond donors (Lipinski definition) is 0. The first-order chi connectivity index (χ1) is 10.3. The lowest BCUT2D eigenvalue weighted by Gasteiger charge is -2.40. The third-order valence-corrected chi connectivity index (χ3v) is 6.28. The highest BCUT2D eigenvalue weighted by Gasteiger charge is 2.42. The Hall–Kier alpha value is -1.02. The number of methoxy groups -OCH3 is 1. The lowest BCUT2D eigenvalue weighted by Crippen LogP contribution is -2.43. The molecule has 0 radical (unpaired) electrons. The number of piperidine rings is 1. The van der Waals surface area contributed by atoms with Crippen molar-refractivity contribution >= 4 is 0 Å². The minimum atomic E-state index is 0.691. The number of rotatable bonds is 3. The largest absolute Gasteiger partial charge is 0.496 e. The van der Waals surface area contributed by atoms with Gasteiger partial charge < -0.3 is 9.64 Å². The van der Waals surface area contributed by atoms with Gasteiger partial charge in [-0.05, 0) is 74.6 Å². The van der Waals surface area contributed by atoms with Crippen LogP contribution in [0.5, 0.6) is 5.75 Å². The number of para-hydroxylation sites is 1. The summed E-state index contributed by atoms with van der Waals surface area (Å²) in [5.74, 6) is 3.86. The average molecular weight is 285 g/mol. The Labute approximate surface area is 128 Å². The first kappa shape index (κ1) is 13.6. The maximum Gasteiger partial charge on any atom is 0.122 e. The molecule has 0 aromatic heterocycles. The van der Waals surface area contributed by atoms with E-state index in [4.69, 9.17) is 4.74 Å². The van der Waals surface area contributed by atoms with Crippen LogP contribution in [0.4, 0.5) is 0 Å². The molecular formula is C19H27NO. The second kappa shape index (κ2) is 5.64. The van der Waals surface area contributed by atoms with Crippen LogP contribution in [-0.4, -0.2) is 31.1 Å². The van der Waals surface area contributed by atoms with E-state index < -0.39 is 0 Å². The molecule has 0 spiro atoms. The predicted molar refractivity (Wildman–Crippen MR) is 85.8 cm³/mol. The summed E-state index contributed by atoms with van der Waals surface area (Å²) in [7, 11) is 1.79. The van der Waals surface area contributed by atoms with Crippen LogP contribution in [0.2, 0.25) is 0 Å². The summed E-state index contributed by atoms with van der Waals surface area (Å²) >= 11 is 0. The first-order valence-electron chi connectivity index (χ1n) is 8.72. The van der Waals surface area contributed by atoms with Crippen LogP contribution in [0.25, 0.3) is 0 Å². The lowest BCUT2D eigenvalue weighted by atomic mass is 9.86. The van der Waals surface area contributed by atoms with E-state index in [1.54, 1.807) is 7.11 Å². The van der Waals surface area contributed by atoms with E-state index in [1.165, 1.54) is 57.2 Å². The minimum Gasteiger partial charge on any atom is -0.496 e. The van der Waals surface area contributed by atoms with Crippen molar-refractivity contribution in [3.63, 3.8) is 0 Å². The fraction of sp³-hybridized carbons (Fsp3) is 0.684. The number of fused-ring (bicyclic) bond motifs is 2. The topological polar surface area (TPSA) is 12.5 Å². The smallest absolute Gasteiger partial charge is 0.122 e. The summed E-state index contributed by atoms with van der Waals surface area (Å²) in [5, 5.41) is 0. The van der Waals surface area contributed by atoms with Crippen LogP contribution >= 0.6 is 0 Å². The zero-order valence-corrected chi connectivity index (χ0v) is 13.1. The maximum absolute atomic E-state index is 5.55. The van der Waals surface area contributed by atoms with Gasteiger partial charge in [0, 0.05) is 6.04 Å². The molecule has 0 N–H and O–H groups in total. The zero-order valence-electron chi connectivity index (χ0n) is 13.1. The van der Waals surface area contributed by atoms with Crippen LogP contribution in [0.15, 0.2) is 24.3 Å². The summed E-state index contributed by atoms with van der Waals surface area (Å²) in [6.45, 7) is 2.58. The Kier molecular flexibility index (Phi) is 3.66. The number of nitrogens with zero attached hydrogens (tertiary/aromatic N) is 1. The van der Waals surface area contributed by atoms with E-state index in [1.807, 2.05) is 0 Å². The molecule has 21 heavy (non-hydrogen) atoms. The van der Waals surface area contributed by atoms with Crippen molar-refractivity contribution in [3.05, 3.63) is 29.8 Å². The number of hydrogen-bond acceptors (Lipinski definition) is 2. The molecule has 1 aromatic rings. The molecule has 4 rings (SSSR count). The molecule has 3 atom stereocenters. The number of ether oxygens (including phenoxy) is 1. The maximum atomic E-state index is 5.55. The van der Waals surface area contributed by atoms with Crippen molar-refractivity contribution in [3.8, 4) is 5.75 Å². The third kappa shape index (κ3) is 2.48. The molecule has 3 fully saturated rings. The van der Waals surface area contributed by atoms with Gasteiger partial charge in [0.25, 0.3) is 0 Å². The molecule has 2 saturated carbocycles. The summed E-state index contributed by atoms with van der Waals surface area (Å²) in [6, 6.07) is 9.52. The van der Waals surface area contributed by atoms with Crippen molar-refractivity contribution in [1.82, 2.24) is 4.90 Å². The first-order valence-corrected chi connectivity index (χ1v) is 8.72. The molecule has 3 unspecified atom stereocenters. The van der Waals surface area contributed by atoms with Crippen LogP contribution in [0.1, 0.15) is 50.0 Å². The Morgan fingerprint density at radius 2 is 1.81 bits per heavy atom. The van der Waals surface area contributed by atoms with Crippen molar-refractivity contribution in [2.45, 2.75) is 50.5 Å². The predicted octanol–water partition coefficient (Wildman–Crippen LogP) is 4.06. The lowest BCUT2D eigenvalue weighted by molar-refractivity contribution is 0.110. The molecule has 0 amide bonds. The molecule has 3 aliphatic rings. The van der Waals surface area contributed by atoms with Gasteiger partial charge in [-0.1, -0.05) is 24.6 Å². The highest BCUT2D eigenvalue weighted by Crippen LogP contribution is 2.47. The molecular weight excluding hydrogens is 258 g/mol. The third-order valence-electron chi connectivity index (χ3n) is 6.28. The summed E-state index contributed by atoms with van der Waals surface area (Å²) < 4.78 is 5.55. The summed E-state index contributed by atoms with van der Waals surface area (Å²) in [6.07, 6.45) is 8.63. The number of benzene rings is 1. The van der Waals surface area contributed by atoms with Crippen LogP contribution < -0.4 is 4.74 Å².